The number of hydrogen-bond donors (Lipinski definition) is 5. The summed E-state index contributed by atoms with van der Waals surface area (Å²) in [6, 6.07) is 8.63. The molecule has 0 aromatic heterocycles. The topological polar surface area (TPSA) is 205 Å². The minimum atomic E-state index is -4.82. The molecule has 2 aromatic rings. The maximum absolute atomic E-state index is 11.9. The fourth-order valence-electron chi connectivity index (χ4n) is 2.28. The Morgan fingerprint density at radius 1 is 0.759 bits per heavy atom. The van der Waals surface area contributed by atoms with E-state index in [4.69, 9.17) is 27.6 Å². The molecule has 0 heterocycles. The van der Waals surface area contributed by atoms with Crippen LogP contribution in [0, 0.1) is 6.92 Å². The molecular weight excluding hydrogens is 462 g/mol. The molecule has 0 saturated heterocycles. The van der Waals surface area contributed by atoms with Gasteiger partial charge in [0.1, 0.15) is 14.7 Å². The maximum Gasteiger partial charge on any atom is 0.240 e. The molecule has 0 saturated carbocycles. The smallest absolute Gasteiger partial charge is 0.240 e. The average molecular weight is 480 g/mol. The first-order valence-corrected chi connectivity index (χ1v) is 12.5. The summed E-state index contributed by atoms with van der Waals surface area (Å²) in [6.07, 6.45) is 0. The molecule has 15 heteroatoms. The van der Waals surface area contributed by atoms with E-state index in [1.54, 1.807) is 12.1 Å². The van der Waals surface area contributed by atoms with Gasteiger partial charge in [-0.15, -0.1) is 0 Å². The highest BCUT2D eigenvalue weighted by Gasteiger charge is 2.31. The van der Waals surface area contributed by atoms with Crippen LogP contribution in [0.1, 0.15) is 5.56 Å². The summed E-state index contributed by atoms with van der Waals surface area (Å²) in [4.78, 5) is -3.33. The summed E-state index contributed by atoms with van der Waals surface area (Å²) in [6.45, 7) is 1.89. The van der Waals surface area contributed by atoms with Gasteiger partial charge in [0, 0.05) is 11.4 Å². The Kier molecular flexibility index (Phi) is 6.34. The maximum atomic E-state index is 11.9. The second kappa shape index (κ2) is 7.94. The lowest BCUT2D eigenvalue weighted by Crippen LogP contribution is -2.27. The SMILES string of the molecule is Cc1ccc(NC(=S)Nc2cc(S(N)(=O)=O)c(S(N)(=O)=O)c(S(N)(=O)=O)c2)cc1. The van der Waals surface area contributed by atoms with Gasteiger partial charge in [0.2, 0.25) is 30.1 Å². The lowest BCUT2D eigenvalue weighted by molar-refractivity contribution is 0.575. The Morgan fingerprint density at radius 3 is 1.55 bits per heavy atom. The van der Waals surface area contributed by atoms with Crippen LogP contribution in [0.2, 0.25) is 0 Å². The summed E-state index contributed by atoms with van der Waals surface area (Å²) in [5, 5.41) is 20.4. The number of hydrogen-bond acceptors (Lipinski definition) is 7. The lowest BCUT2D eigenvalue weighted by Gasteiger charge is -2.15. The van der Waals surface area contributed by atoms with Crippen molar-refractivity contribution in [2.75, 3.05) is 10.6 Å². The quantitative estimate of drug-likeness (QED) is 0.358. The van der Waals surface area contributed by atoms with Gasteiger partial charge in [-0.25, -0.2) is 40.7 Å². The van der Waals surface area contributed by atoms with Gasteiger partial charge >= 0.3 is 0 Å². The van der Waals surface area contributed by atoms with Crippen molar-refractivity contribution in [3.05, 3.63) is 42.0 Å². The minimum absolute atomic E-state index is 0.0436. The molecule has 11 nitrogen and oxygen atoms in total. The molecule has 8 N–H and O–H groups in total. The van der Waals surface area contributed by atoms with E-state index >= 15 is 0 Å². The normalized spacial score (nSPS) is 12.4. The summed E-state index contributed by atoms with van der Waals surface area (Å²) < 4.78 is 71.2. The van der Waals surface area contributed by atoms with Gasteiger partial charge < -0.3 is 10.6 Å². The van der Waals surface area contributed by atoms with Crippen LogP contribution in [0.15, 0.2) is 51.1 Å². The number of nitrogens with two attached hydrogens (primary N) is 3. The molecule has 0 spiro atoms. The summed E-state index contributed by atoms with van der Waals surface area (Å²) >= 11 is 5.10. The van der Waals surface area contributed by atoms with Crippen molar-refractivity contribution in [1.82, 2.24) is 0 Å². The van der Waals surface area contributed by atoms with E-state index in [-0.39, 0.29) is 10.8 Å². The van der Waals surface area contributed by atoms with Crippen molar-refractivity contribution in [3.8, 4) is 0 Å². The minimum Gasteiger partial charge on any atom is -0.332 e. The van der Waals surface area contributed by atoms with Crippen LogP contribution in [0.3, 0.4) is 0 Å². The number of aryl methyl sites for hydroxylation is 1. The van der Waals surface area contributed by atoms with Crippen LogP contribution in [0.4, 0.5) is 11.4 Å². The number of nitrogens with one attached hydrogen (secondary N) is 2. The van der Waals surface area contributed by atoms with Gasteiger partial charge in [0.05, 0.1) is 0 Å². The molecule has 158 valence electrons. The third-order valence-corrected chi connectivity index (χ3v) is 6.83. The molecule has 0 unspecified atom stereocenters. The summed E-state index contributed by atoms with van der Waals surface area (Å²) in [5.41, 5.74) is 1.39. The predicted octanol–water partition coefficient (Wildman–Crippen LogP) is -0.254. The molecule has 0 aliphatic heterocycles. The van der Waals surface area contributed by atoms with E-state index < -0.39 is 44.8 Å². The Balaban J connectivity index is 2.59. The van der Waals surface area contributed by atoms with E-state index in [9.17, 15) is 25.3 Å². The first-order chi connectivity index (χ1) is 13.1. The number of sulfonamides is 3. The molecule has 2 aromatic carbocycles. The largest absolute Gasteiger partial charge is 0.332 e. The average Bonchev–Trinajstić information content (AvgIpc) is 2.53. The number of benzene rings is 2. The van der Waals surface area contributed by atoms with Gasteiger partial charge in [-0.3, -0.25) is 0 Å². The molecule has 0 radical (unpaired) electrons. The highest BCUT2D eigenvalue weighted by Crippen LogP contribution is 2.30. The molecule has 0 bridgehead atoms. The molecule has 0 aliphatic carbocycles. The fraction of sp³-hybridized carbons (Fsp3) is 0.0714. The molecule has 0 aliphatic rings. The Labute approximate surface area is 173 Å². The van der Waals surface area contributed by atoms with Crippen molar-refractivity contribution in [2.45, 2.75) is 21.6 Å². The molecule has 29 heavy (non-hydrogen) atoms. The second-order valence-corrected chi connectivity index (χ2v) is 10.8. The van der Waals surface area contributed by atoms with Crippen LogP contribution in [-0.4, -0.2) is 30.4 Å². The zero-order chi connectivity index (χ0) is 22.2. The Morgan fingerprint density at radius 2 is 1.17 bits per heavy atom. The van der Waals surface area contributed by atoms with Crippen molar-refractivity contribution in [2.24, 2.45) is 15.4 Å². The van der Waals surface area contributed by atoms with E-state index in [0.29, 0.717) is 5.69 Å². The highest BCUT2D eigenvalue weighted by molar-refractivity contribution is 7.94. The van der Waals surface area contributed by atoms with E-state index in [1.807, 2.05) is 19.1 Å². The van der Waals surface area contributed by atoms with Gasteiger partial charge in [-0.1, -0.05) is 17.7 Å². The van der Waals surface area contributed by atoms with E-state index in [2.05, 4.69) is 10.6 Å². The first-order valence-electron chi connectivity index (χ1n) is 7.50. The summed E-state index contributed by atoms with van der Waals surface area (Å²) in [5.74, 6) is 0. The number of thiocarbonyl (C=S) groups is 1. The third kappa shape index (κ3) is 5.92. The van der Waals surface area contributed by atoms with Crippen molar-refractivity contribution in [1.29, 1.82) is 0 Å². The molecular formula is C14H17N5O6S4. The van der Waals surface area contributed by atoms with Gasteiger partial charge in [0.15, 0.2) is 5.11 Å². The monoisotopic (exact) mass is 479 g/mol. The molecule has 0 atom stereocenters. The summed E-state index contributed by atoms with van der Waals surface area (Å²) in [7, 11) is -14.2. The molecule has 2 rings (SSSR count). The van der Waals surface area contributed by atoms with Crippen molar-refractivity contribution < 1.29 is 25.3 Å². The van der Waals surface area contributed by atoms with Crippen LogP contribution in [-0.2, 0) is 30.1 Å². The fourth-order valence-corrected chi connectivity index (χ4v) is 5.97. The number of anilines is 2. The van der Waals surface area contributed by atoms with Crippen LogP contribution >= 0.6 is 12.2 Å². The van der Waals surface area contributed by atoms with E-state index in [0.717, 1.165) is 17.7 Å². The second-order valence-electron chi connectivity index (χ2n) is 5.88. The van der Waals surface area contributed by atoms with Crippen molar-refractivity contribution >= 4 is 58.8 Å². The van der Waals surface area contributed by atoms with Crippen molar-refractivity contribution in [3.63, 3.8) is 0 Å². The number of primary sulfonamides is 3. The first kappa shape index (κ1) is 23.1. The van der Waals surface area contributed by atoms with Crippen LogP contribution < -0.4 is 26.1 Å². The zero-order valence-corrected chi connectivity index (χ0v) is 18.0. The van der Waals surface area contributed by atoms with E-state index in [1.165, 1.54) is 0 Å². The highest BCUT2D eigenvalue weighted by atomic mass is 32.2. The predicted molar refractivity (Wildman–Crippen MR) is 112 cm³/mol. The molecule has 0 amide bonds. The Bertz CT molecular complexity index is 1230. The van der Waals surface area contributed by atoms with Gasteiger partial charge in [-0.05, 0) is 43.4 Å². The van der Waals surface area contributed by atoms with Gasteiger partial charge in [0.25, 0.3) is 0 Å². The van der Waals surface area contributed by atoms with Crippen LogP contribution in [0.25, 0.3) is 0 Å². The lowest BCUT2D eigenvalue weighted by atomic mass is 10.2. The number of rotatable bonds is 5. The zero-order valence-electron chi connectivity index (χ0n) is 14.8. The Hall–Kier alpha value is -2.14. The molecule has 0 fully saturated rings. The third-order valence-electron chi connectivity index (χ3n) is 3.49. The van der Waals surface area contributed by atoms with Gasteiger partial charge in [-0.2, -0.15) is 0 Å². The van der Waals surface area contributed by atoms with Crippen LogP contribution in [0.5, 0.6) is 0 Å². The standard InChI is InChI=1S/C14H17N5O6S4/c1-8-2-4-9(5-3-8)18-14(26)19-10-6-11(27(15,20)21)13(29(17,24)25)12(7-10)28(16,22)23/h2-7H,1H3,(H2,15,20,21)(H2,16,22,23)(H2,17,24,25)(H2,18,19,26).